The second kappa shape index (κ2) is 8.47. The number of carbonyl (C=O) groups is 2. The minimum atomic E-state index is -0.593. The van der Waals surface area contributed by atoms with E-state index in [4.69, 9.17) is 5.73 Å². The summed E-state index contributed by atoms with van der Waals surface area (Å²) in [4.78, 5) is 24.9. The van der Waals surface area contributed by atoms with Crippen molar-refractivity contribution in [3.05, 3.63) is 25.3 Å². The lowest BCUT2D eigenvalue weighted by atomic mass is 10.1. The topological polar surface area (TPSA) is 75.4 Å². The summed E-state index contributed by atoms with van der Waals surface area (Å²) in [5.41, 5.74) is 5.67. The molecule has 5 nitrogen and oxygen atoms in total. The molecule has 0 aromatic carbocycles. The molecule has 0 spiro atoms. The van der Waals surface area contributed by atoms with Gasteiger partial charge in [0.25, 0.3) is 0 Å². The molecule has 5 heteroatoms. The summed E-state index contributed by atoms with van der Waals surface area (Å²) >= 11 is 0. The molecule has 0 aliphatic carbocycles. The third kappa shape index (κ3) is 5.63. The molecule has 0 aliphatic rings. The minimum Gasteiger partial charge on any atom is -0.346 e. The summed E-state index contributed by atoms with van der Waals surface area (Å²) in [5, 5.41) is 2.54. The molecule has 0 bridgehead atoms. The number of nitrogens with two attached hydrogens (primary N) is 1. The Morgan fingerprint density at radius 2 is 1.78 bits per heavy atom. The quantitative estimate of drug-likeness (QED) is 0.610. The first kappa shape index (κ1) is 16.4. The van der Waals surface area contributed by atoms with E-state index in [-0.39, 0.29) is 24.3 Å². The van der Waals surface area contributed by atoms with Crippen molar-refractivity contribution in [3.63, 3.8) is 0 Å². The number of nitrogens with zero attached hydrogens (tertiary/aromatic N) is 1. The van der Waals surface area contributed by atoms with Gasteiger partial charge in [0, 0.05) is 13.1 Å². The highest BCUT2D eigenvalue weighted by Gasteiger charge is 2.18. The molecule has 0 fully saturated rings. The van der Waals surface area contributed by atoms with Crippen molar-refractivity contribution < 1.29 is 9.59 Å². The molecule has 2 amide bonds. The van der Waals surface area contributed by atoms with Crippen molar-refractivity contribution >= 4 is 11.8 Å². The van der Waals surface area contributed by atoms with Crippen LogP contribution < -0.4 is 11.1 Å². The standard InChI is InChI=1S/C13H23N3O2/c1-5-7-16(8-6-2)11(17)9-15-13(18)12(14)10(3)4/h5-6,10,12H,1-2,7-9,14H2,3-4H3,(H,15,18)/t12-/m0/s1. The Labute approximate surface area is 109 Å². The predicted molar refractivity (Wildman–Crippen MR) is 72.8 cm³/mol. The molecule has 0 saturated carbocycles. The number of hydrogen-bond acceptors (Lipinski definition) is 3. The second-order valence-electron chi connectivity index (χ2n) is 4.36. The Bertz CT molecular complexity index is 303. The summed E-state index contributed by atoms with van der Waals surface area (Å²) in [6.45, 7) is 11.7. The fraction of sp³-hybridized carbons (Fsp3) is 0.538. The van der Waals surface area contributed by atoms with E-state index < -0.39 is 6.04 Å². The molecule has 0 unspecified atom stereocenters. The van der Waals surface area contributed by atoms with Crippen LogP contribution in [0.5, 0.6) is 0 Å². The molecule has 0 aromatic heterocycles. The largest absolute Gasteiger partial charge is 0.346 e. The zero-order chi connectivity index (χ0) is 14.1. The fourth-order valence-electron chi connectivity index (χ4n) is 1.28. The van der Waals surface area contributed by atoms with Crippen LogP contribution in [0.2, 0.25) is 0 Å². The molecule has 1 atom stereocenters. The van der Waals surface area contributed by atoms with E-state index in [1.54, 1.807) is 17.1 Å². The van der Waals surface area contributed by atoms with E-state index in [1.165, 1.54) is 0 Å². The van der Waals surface area contributed by atoms with Gasteiger partial charge in [0.15, 0.2) is 0 Å². The number of hydrogen-bond donors (Lipinski definition) is 2. The molecule has 0 saturated heterocycles. The van der Waals surface area contributed by atoms with E-state index in [9.17, 15) is 9.59 Å². The minimum absolute atomic E-state index is 0.0394. The zero-order valence-corrected chi connectivity index (χ0v) is 11.2. The van der Waals surface area contributed by atoms with Crippen molar-refractivity contribution in [2.24, 2.45) is 11.7 Å². The van der Waals surface area contributed by atoms with Crippen LogP contribution in [0, 0.1) is 5.92 Å². The van der Waals surface area contributed by atoms with Crippen LogP contribution in [0.15, 0.2) is 25.3 Å². The maximum absolute atomic E-state index is 11.8. The van der Waals surface area contributed by atoms with E-state index in [0.717, 1.165) is 0 Å². The van der Waals surface area contributed by atoms with Gasteiger partial charge in [0.05, 0.1) is 12.6 Å². The Kier molecular flexibility index (Phi) is 7.71. The van der Waals surface area contributed by atoms with Gasteiger partial charge in [0.2, 0.25) is 11.8 Å². The molecular formula is C13H23N3O2. The average Bonchev–Trinajstić information content (AvgIpc) is 2.34. The Morgan fingerprint density at radius 1 is 1.28 bits per heavy atom. The Balaban J connectivity index is 4.25. The van der Waals surface area contributed by atoms with Gasteiger partial charge < -0.3 is 16.0 Å². The van der Waals surface area contributed by atoms with Crippen molar-refractivity contribution in [2.45, 2.75) is 19.9 Å². The highest BCUT2D eigenvalue weighted by molar-refractivity contribution is 5.87. The number of nitrogens with one attached hydrogen (secondary N) is 1. The molecule has 3 N–H and O–H groups in total. The summed E-state index contributed by atoms with van der Waals surface area (Å²) in [6.07, 6.45) is 3.26. The maximum atomic E-state index is 11.8. The molecule has 0 aliphatic heterocycles. The number of rotatable bonds is 8. The SMILES string of the molecule is C=CCN(CC=C)C(=O)CNC(=O)[C@@H](N)C(C)C. The molecule has 0 aromatic rings. The highest BCUT2D eigenvalue weighted by Crippen LogP contribution is 1.98. The molecule has 0 rings (SSSR count). The lowest BCUT2D eigenvalue weighted by Crippen LogP contribution is -2.48. The van der Waals surface area contributed by atoms with Gasteiger partial charge in [-0.2, -0.15) is 0 Å². The number of amides is 2. The monoisotopic (exact) mass is 253 g/mol. The van der Waals surface area contributed by atoms with Crippen LogP contribution in [-0.2, 0) is 9.59 Å². The second-order valence-corrected chi connectivity index (χ2v) is 4.36. The van der Waals surface area contributed by atoms with Crippen molar-refractivity contribution in [1.82, 2.24) is 10.2 Å². The first-order chi connectivity index (χ1) is 8.43. The first-order valence-corrected chi connectivity index (χ1v) is 5.96. The molecule has 0 heterocycles. The molecular weight excluding hydrogens is 230 g/mol. The smallest absolute Gasteiger partial charge is 0.242 e. The normalized spacial score (nSPS) is 11.8. The van der Waals surface area contributed by atoms with Gasteiger partial charge in [-0.05, 0) is 5.92 Å². The summed E-state index contributed by atoms with van der Waals surface area (Å²) in [5.74, 6) is -0.452. The summed E-state index contributed by atoms with van der Waals surface area (Å²) in [7, 11) is 0. The van der Waals surface area contributed by atoms with Gasteiger partial charge in [0.1, 0.15) is 0 Å². The highest BCUT2D eigenvalue weighted by atomic mass is 16.2. The maximum Gasteiger partial charge on any atom is 0.242 e. The van der Waals surface area contributed by atoms with E-state index in [1.807, 2.05) is 13.8 Å². The fourth-order valence-corrected chi connectivity index (χ4v) is 1.28. The van der Waals surface area contributed by atoms with Gasteiger partial charge in [-0.25, -0.2) is 0 Å². The van der Waals surface area contributed by atoms with Crippen LogP contribution in [0.4, 0.5) is 0 Å². The summed E-state index contributed by atoms with van der Waals surface area (Å²) < 4.78 is 0. The van der Waals surface area contributed by atoms with E-state index in [2.05, 4.69) is 18.5 Å². The van der Waals surface area contributed by atoms with Crippen molar-refractivity contribution in [2.75, 3.05) is 19.6 Å². The third-order valence-corrected chi connectivity index (χ3v) is 2.49. The van der Waals surface area contributed by atoms with Crippen LogP contribution in [0.25, 0.3) is 0 Å². The van der Waals surface area contributed by atoms with Gasteiger partial charge >= 0.3 is 0 Å². The molecule has 0 radical (unpaired) electrons. The number of carbonyl (C=O) groups excluding carboxylic acids is 2. The lowest BCUT2D eigenvalue weighted by Gasteiger charge is -2.20. The van der Waals surface area contributed by atoms with Crippen molar-refractivity contribution in [3.8, 4) is 0 Å². The van der Waals surface area contributed by atoms with E-state index in [0.29, 0.717) is 13.1 Å². The first-order valence-electron chi connectivity index (χ1n) is 5.96. The van der Waals surface area contributed by atoms with Crippen LogP contribution >= 0.6 is 0 Å². The zero-order valence-electron chi connectivity index (χ0n) is 11.2. The Morgan fingerprint density at radius 3 is 2.17 bits per heavy atom. The lowest BCUT2D eigenvalue weighted by molar-refractivity contribution is -0.132. The summed E-state index contributed by atoms with van der Waals surface area (Å²) in [6, 6.07) is -0.593. The predicted octanol–water partition coefficient (Wildman–Crippen LogP) is 0.287. The average molecular weight is 253 g/mol. The Hall–Kier alpha value is -1.62. The molecule has 18 heavy (non-hydrogen) atoms. The van der Waals surface area contributed by atoms with Gasteiger partial charge in [-0.1, -0.05) is 26.0 Å². The van der Waals surface area contributed by atoms with Crippen LogP contribution in [-0.4, -0.2) is 42.4 Å². The van der Waals surface area contributed by atoms with Crippen molar-refractivity contribution in [1.29, 1.82) is 0 Å². The van der Waals surface area contributed by atoms with Crippen LogP contribution in [0.1, 0.15) is 13.8 Å². The molecule has 102 valence electrons. The van der Waals surface area contributed by atoms with Gasteiger partial charge in [-0.3, -0.25) is 9.59 Å². The van der Waals surface area contributed by atoms with E-state index >= 15 is 0 Å². The third-order valence-electron chi connectivity index (χ3n) is 2.49. The van der Waals surface area contributed by atoms with Crippen LogP contribution in [0.3, 0.4) is 0 Å². The van der Waals surface area contributed by atoms with Gasteiger partial charge in [-0.15, -0.1) is 13.2 Å².